The average Bonchev–Trinajstić information content (AvgIpc) is 2.71. The lowest BCUT2D eigenvalue weighted by molar-refractivity contribution is -0.118. The third-order valence-electron chi connectivity index (χ3n) is 3.02. The maximum absolute atomic E-state index is 12.5. The Bertz CT molecular complexity index is 791. The molecule has 0 spiro atoms. The minimum absolute atomic E-state index is 0.238. The summed E-state index contributed by atoms with van der Waals surface area (Å²) in [6.07, 6.45) is 0. The van der Waals surface area contributed by atoms with Gasteiger partial charge in [-0.3, -0.25) is 14.2 Å². The molecule has 1 amide bonds. The van der Waals surface area contributed by atoms with E-state index in [1.54, 1.807) is 20.8 Å². The number of primary amides is 1. The largest absolute Gasteiger partial charge is 0.462 e. The summed E-state index contributed by atoms with van der Waals surface area (Å²) in [6, 6.07) is 0. The molecule has 0 aliphatic carbocycles. The zero-order valence-electron chi connectivity index (χ0n) is 11.9. The molecule has 0 aromatic carbocycles. The molecule has 0 saturated heterocycles. The Morgan fingerprint density at radius 2 is 2.05 bits per heavy atom. The Balaban J connectivity index is 2.70. The van der Waals surface area contributed by atoms with E-state index in [0.717, 1.165) is 11.3 Å². The monoisotopic (exact) mass is 309 g/mol. The van der Waals surface area contributed by atoms with E-state index in [2.05, 4.69) is 4.98 Å². The molecule has 0 bridgehead atoms. The zero-order chi connectivity index (χ0) is 15.7. The Hall–Kier alpha value is -2.22. The number of nitrogens with two attached hydrogens (primary N) is 1. The molecule has 2 rings (SSSR count). The minimum Gasteiger partial charge on any atom is -0.462 e. The van der Waals surface area contributed by atoms with Gasteiger partial charge in [0.15, 0.2) is 0 Å². The third kappa shape index (κ3) is 2.66. The van der Waals surface area contributed by atoms with Crippen LogP contribution in [0.5, 0.6) is 0 Å². The van der Waals surface area contributed by atoms with Gasteiger partial charge in [0, 0.05) is 0 Å². The molecular formula is C13H15N3O4S. The van der Waals surface area contributed by atoms with Crippen molar-refractivity contribution in [1.82, 2.24) is 9.55 Å². The van der Waals surface area contributed by atoms with Crippen LogP contribution >= 0.6 is 11.3 Å². The first-order chi connectivity index (χ1) is 9.86. The van der Waals surface area contributed by atoms with Gasteiger partial charge in [0.05, 0.1) is 12.0 Å². The van der Waals surface area contributed by atoms with Crippen molar-refractivity contribution in [2.75, 3.05) is 6.61 Å². The second-order valence-electron chi connectivity index (χ2n) is 4.47. The van der Waals surface area contributed by atoms with E-state index in [1.807, 2.05) is 0 Å². The molecule has 7 nitrogen and oxygen atoms in total. The van der Waals surface area contributed by atoms with Gasteiger partial charge in [-0.1, -0.05) is 0 Å². The molecular weight excluding hydrogens is 294 g/mol. The number of aryl methyl sites for hydroxylation is 2. The number of amides is 1. The van der Waals surface area contributed by atoms with Crippen molar-refractivity contribution in [1.29, 1.82) is 0 Å². The maximum atomic E-state index is 12.5. The van der Waals surface area contributed by atoms with Crippen molar-refractivity contribution < 1.29 is 14.3 Å². The summed E-state index contributed by atoms with van der Waals surface area (Å²) in [5.41, 5.74) is 5.28. The number of rotatable bonds is 4. The van der Waals surface area contributed by atoms with Gasteiger partial charge in [0.2, 0.25) is 5.91 Å². The van der Waals surface area contributed by atoms with Crippen molar-refractivity contribution in [3.8, 4) is 0 Å². The van der Waals surface area contributed by atoms with E-state index >= 15 is 0 Å². The van der Waals surface area contributed by atoms with Crippen LogP contribution in [-0.4, -0.2) is 28.0 Å². The Morgan fingerprint density at radius 1 is 1.38 bits per heavy atom. The van der Waals surface area contributed by atoms with Crippen LogP contribution in [0.15, 0.2) is 4.79 Å². The second kappa shape index (κ2) is 5.65. The van der Waals surface area contributed by atoms with E-state index in [4.69, 9.17) is 10.5 Å². The number of fused-ring (bicyclic) bond motifs is 1. The van der Waals surface area contributed by atoms with Gasteiger partial charge in [0.25, 0.3) is 5.56 Å². The van der Waals surface area contributed by atoms with Crippen LogP contribution in [0.1, 0.15) is 28.0 Å². The molecule has 0 saturated carbocycles. The molecule has 0 atom stereocenters. The number of hydrogen-bond donors (Lipinski definition) is 1. The van der Waals surface area contributed by atoms with Crippen molar-refractivity contribution in [3.63, 3.8) is 0 Å². The van der Waals surface area contributed by atoms with Gasteiger partial charge in [-0.25, -0.2) is 9.78 Å². The molecule has 8 heteroatoms. The lowest BCUT2D eigenvalue weighted by Gasteiger charge is -2.06. The quantitative estimate of drug-likeness (QED) is 0.839. The van der Waals surface area contributed by atoms with E-state index < -0.39 is 11.9 Å². The van der Waals surface area contributed by atoms with Gasteiger partial charge >= 0.3 is 5.97 Å². The first kappa shape index (κ1) is 15.2. The highest BCUT2D eigenvalue weighted by Gasteiger charge is 2.21. The molecule has 0 radical (unpaired) electrons. The number of aromatic nitrogens is 2. The predicted octanol–water partition coefficient (Wildman–Crippen LogP) is 0.737. The predicted molar refractivity (Wildman–Crippen MR) is 78.5 cm³/mol. The van der Waals surface area contributed by atoms with Crippen LogP contribution in [0.25, 0.3) is 10.2 Å². The fourth-order valence-electron chi connectivity index (χ4n) is 2.05. The van der Waals surface area contributed by atoms with Gasteiger partial charge in [-0.15, -0.1) is 11.3 Å². The number of ether oxygens (including phenoxy) is 1. The fourth-order valence-corrected chi connectivity index (χ4v) is 3.16. The van der Waals surface area contributed by atoms with E-state index in [-0.39, 0.29) is 18.7 Å². The summed E-state index contributed by atoms with van der Waals surface area (Å²) in [5, 5.41) is 0.329. The van der Waals surface area contributed by atoms with Crippen molar-refractivity contribution in [2.24, 2.45) is 5.73 Å². The molecule has 2 N–H and O–H groups in total. The van der Waals surface area contributed by atoms with Gasteiger partial charge < -0.3 is 10.5 Å². The number of thiophene rings is 1. The molecule has 0 fully saturated rings. The summed E-state index contributed by atoms with van der Waals surface area (Å²) >= 11 is 1.11. The fraction of sp³-hybridized carbons (Fsp3) is 0.385. The van der Waals surface area contributed by atoms with E-state index in [1.165, 1.54) is 4.57 Å². The molecule has 2 aromatic heterocycles. The minimum atomic E-state index is -0.625. The van der Waals surface area contributed by atoms with Gasteiger partial charge in [-0.2, -0.15) is 0 Å². The zero-order valence-corrected chi connectivity index (χ0v) is 12.7. The molecule has 0 aliphatic heterocycles. The number of carbonyl (C=O) groups is 2. The van der Waals surface area contributed by atoms with Gasteiger partial charge in [0.1, 0.15) is 22.1 Å². The maximum Gasteiger partial charge on any atom is 0.348 e. The summed E-state index contributed by atoms with van der Waals surface area (Å²) < 4.78 is 6.17. The molecule has 112 valence electrons. The third-order valence-corrected chi connectivity index (χ3v) is 4.18. The summed E-state index contributed by atoms with van der Waals surface area (Å²) in [5.74, 6) is -0.723. The smallest absolute Gasteiger partial charge is 0.348 e. The van der Waals surface area contributed by atoms with E-state index in [0.29, 0.717) is 26.5 Å². The first-order valence-electron chi connectivity index (χ1n) is 6.32. The molecule has 2 aromatic rings. The van der Waals surface area contributed by atoms with Gasteiger partial charge in [-0.05, 0) is 26.3 Å². The highest BCUT2D eigenvalue weighted by molar-refractivity contribution is 7.20. The van der Waals surface area contributed by atoms with Crippen molar-refractivity contribution >= 4 is 33.4 Å². The summed E-state index contributed by atoms with van der Waals surface area (Å²) in [7, 11) is 0. The summed E-state index contributed by atoms with van der Waals surface area (Å²) in [6.45, 7) is 5.01. The van der Waals surface area contributed by atoms with Crippen LogP contribution < -0.4 is 11.3 Å². The highest BCUT2D eigenvalue weighted by Crippen LogP contribution is 2.27. The lowest BCUT2D eigenvalue weighted by Crippen LogP contribution is -2.30. The highest BCUT2D eigenvalue weighted by atomic mass is 32.1. The van der Waals surface area contributed by atoms with Crippen molar-refractivity contribution in [3.05, 3.63) is 26.6 Å². The Morgan fingerprint density at radius 3 is 2.62 bits per heavy atom. The number of esters is 1. The first-order valence-corrected chi connectivity index (χ1v) is 7.14. The lowest BCUT2D eigenvalue weighted by atomic mass is 10.2. The second-order valence-corrected chi connectivity index (χ2v) is 5.47. The molecule has 2 heterocycles. The summed E-state index contributed by atoms with van der Waals surface area (Å²) in [4.78, 5) is 40.5. The Kier molecular flexibility index (Phi) is 4.08. The van der Waals surface area contributed by atoms with Crippen molar-refractivity contribution in [2.45, 2.75) is 27.3 Å². The SMILES string of the molecule is CCOC(=O)c1sc2nc(C)n(CC(N)=O)c(=O)c2c1C. The number of carbonyl (C=O) groups excluding carboxylic acids is 2. The average molecular weight is 309 g/mol. The number of nitrogens with zero attached hydrogens (tertiary/aromatic N) is 2. The van der Waals surface area contributed by atoms with Crippen LogP contribution in [0.3, 0.4) is 0 Å². The van der Waals surface area contributed by atoms with E-state index in [9.17, 15) is 14.4 Å². The van der Waals surface area contributed by atoms with Crippen LogP contribution in [0.2, 0.25) is 0 Å². The normalized spacial score (nSPS) is 10.8. The Labute approximate surface area is 124 Å². The number of hydrogen-bond acceptors (Lipinski definition) is 6. The van der Waals surface area contributed by atoms with Crippen LogP contribution in [0, 0.1) is 13.8 Å². The molecule has 0 aliphatic rings. The molecule has 21 heavy (non-hydrogen) atoms. The van der Waals surface area contributed by atoms with Crippen LogP contribution in [0.4, 0.5) is 0 Å². The molecule has 0 unspecified atom stereocenters. The standard InChI is InChI=1S/C13H15N3O4S/c1-4-20-13(19)10-6(2)9-11(21-10)15-7(3)16(12(9)18)5-8(14)17/h4-5H2,1-3H3,(H2,14,17). The topological polar surface area (TPSA) is 104 Å². The van der Waals surface area contributed by atoms with Crippen LogP contribution in [-0.2, 0) is 16.1 Å².